The lowest BCUT2D eigenvalue weighted by molar-refractivity contribution is -0.123. The highest BCUT2D eigenvalue weighted by Crippen LogP contribution is 2.30. The molecule has 1 atom stereocenters. The van der Waals surface area contributed by atoms with Crippen molar-refractivity contribution in [3.05, 3.63) is 0 Å². The predicted octanol–water partition coefficient (Wildman–Crippen LogP) is 2.07. The highest BCUT2D eigenvalue weighted by atomic mass is 16.2. The maximum absolute atomic E-state index is 11.8. The third-order valence-corrected chi connectivity index (χ3v) is 4.49. The van der Waals surface area contributed by atoms with Gasteiger partial charge in [0.1, 0.15) is 0 Å². The largest absolute Gasteiger partial charge is 0.354 e. The van der Waals surface area contributed by atoms with Crippen molar-refractivity contribution in [2.75, 3.05) is 13.1 Å². The molecular weight excluding hydrogens is 212 g/mol. The highest BCUT2D eigenvalue weighted by Gasteiger charge is 2.24. The van der Waals surface area contributed by atoms with Crippen LogP contribution in [-0.4, -0.2) is 25.0 Å². The van der Waals surface area contributed by atoms with Crippen molar-refractivity contribution in [1.29, 1.82) is 0 Å². The second-order valence-corrected chi connectivity index (χ2v) is 5.69. The average molecular weight is 238 g/mol. The molecular formula is C14H26N2O. The van der Waals surface area contributed by atoms with Crippen molar-refractivity contribution in [2.24, 2.45) is 11.8 Å². The third-order valence-electron chi connectivity index (χ3n) is 4.49. The number of nitrogens with one attached hydrogen (secondary N) is 2. The topological polar surface area (TPSA) is 41.1 Å². The molecule has 1 unspecified atom stereocenters. The van der Waals surface area contributed by atoms with Crippen LogP contribution in [0.2, 0.25) is 0 Å². The summed E-state index contributed by atoms with van der Waals surface area (Å²) in [5.74, 6) is 1.89. The van der Waals surface area contributed by atoms with Crippen molar-refractivity contribution in [3.8, 4) is 0 Å². The van der Waals surface area contributed by atoms with Crippen LogP contribution in [0.5, 0.6) is 0 Å². The summed E-state index contributed by atoms with van der Waals surface area (Å²) >= 11 is 0. The molecule has 0 bridgehead atoms. The van der Waals surface area contributed by atoms with E-state index in [-0.39, 0.29) is 11.9 Å². The minimum atomic E-state index is 0.0852. The summed E-state index contributed by atoms with van der Waals surface area (Å²) in [4.78, 5) is 11.8. The van der Waals surface area contributed by atoms with Gasteiger partial charge in [0.15, 0.2) is 0 Å². The number of hydrogen-bond acceptors (Lipinski definition) is 2. The molecule has 0 aromatic rings. The lowest BCUT2D eigenvalue weighted by Gasteiger charge is -2.28. The van der Waals surface area contributed by atoms with Gasteiger partial charge in [-0.05, 0) is 44.1 Å². The Hall–Kier alpha value is -0.570. The first-order chi connectivity index (χ1) is 8.29. The van der Waals surface area contributed by atoms with E-state index in [1.54, 1.807) is 0 Å². The van der Waals surface area contributed by atoms with Crippen LogP contribution >= 0.6 is 0 Å². The van der Waals surface area contributed by atoms with E-state index in [9.17, 15) is 4.79 Å². The van der Waals surface area contributed by atoms with Crippen molar-refractivity contribution in [2.45, 2.75) is 57.9 Å². The average Bonchev–Trinajstić information content (AvgIpc) is 2.90. The summed E-state index contributed by atoms with van der Waals surface area (Å²) < 4.78 is 0. The molecule has 98 valence electrons. The zero-order valence-electron chi connectivity index (χ0n) is 11.0. The lowest BCUT2D eigenvalue weighted by Crippen LogP contribution is -2.42. The van der Waals surface area contributed by atoms with E-state index >= 15 is 0 Å². The van der Waals surface area contributed by atoms with Gasteiger partial charge in [0.05, 0.1) is 6.04 Å². The Balaban J connectivity index is 1.63. The van der Waals surface area contributed by atoms with Crippen LogP contribution in [-0.2, 0) is 4.79 Å². The molecule has 0 aromatic heterocycles. The number of amides is 1. The van der Waals surface area contributed by atoms with Gasteiger partial charge in [-0.25, -0.2) is 0 Å². The zero-order valence-corrected chi connectivity index (χ0v) is 11.0. The second-order valence-electron chi connectivity index (χ2n) is 5.69. The highest BCUT2D eigenvalue weighted by molar-refractivity contribution is 5.81. The number of carbonyl (C=O) groups excluding carboxylic acids is 1. The summed E-state index contributed by atoms with van der Waals surface area (Å²) in [6.07, 6.45) is 8.80. The molecule has 2 fully saturated rings. The smallest absolute Gasteiger partial charge is 0.237 e. The second kappa shape index (κ2) is 6.39. The van der Waals surface area contributed by atoms with Crippen LogP contribution in [0.15, 0.2) is 0 Å². The molecule has 2 N–H and O–H groups in total. The van der Waals surface area contributed by atoms with Gasteiger partial charge in [-0.1, -0.05) is 26.2 Å². The lowest BCUT2D eigenvalue weighted by atomic mass is 9.81. The van der Waals surface area contributed by atoms with Gasteiger partial charge in [-0.15, -0.1) is 0 Å². The first kappa shape index (κ1) is 12.9. The van der Waals surface area contributed by atoms with Gasteiger partial charge in [0.25, 0.3) is 0 Å². The normalized spacial score (nSPS) is 33.6. The minimum absolute atomic E-state index is 0.0852. The van der Waals surface area contributed by atoms with Crippen molar-refractivity contribution >= 4 is 5.91 Å². The van der Waals surface area contributed by atoms with Crippen LogP contribution in [0.4, 0.5) is 0 Å². The molecule has 2 rings (SSSR count). The Kier molecular flexibility index (Phi) is 4.84. The first-order valence-corrected chi connectivity index (χ1v) is 7.30. The van der Waals surface area contributed by atoms with Crippen LogP contribution in [0.1, 0.15) is 51.9 Å². The Morgan fingerprint density at radius 1 is 1.18 bits per heavy atom. The fourth-order valence-electron chi connectivity index (χ4n) is 3.12. The molecule has 2 aliphatic rings. The summed E-state index contributed by atoms with van der Waals surface area (Å²) in [6.45, 7) is 4.19. The SMILES string of the molecule is CCC1CCC(CNC(=O)C2CCCN2)CC1. The standard InChI is InChI=1S/C14H26N2O/c1-2-11-5-7-12(8-6-11)10-16-14(17)13-4-3-9-15-13/h11-13,15H,2-10H2,1H3,(H,16,17). The molecule has 0 spiro atoms. The molecule has 1 aliphatic heterocycles. The Morgan fingerprint density at radius 3 is 2.47 bits per heavy atom. The summed E-state index contributed by atoms with van der Waals surface area (Å²) in [7, 11) is 0. The summed E-state index contributed by atoms with van der Waals surface area (Å²) in [5.41, 5.74) is 0. The number of rotatable bonds is 4. The number of hydrogen-bond donors (Lipinski definition) is 2. The van der Waals surface area contributed by atoms with Crippen LogP contribution in [0.3, 0.4) is 0 Å². The van der Waals surface area contributed by atoms with Crippen LogP contribution in [0.25, 0.3) is 0 Å². The predicted molar refractivity (Wildman–Crippen MR) is 69.8 cm³/mol. The fraction of sp³-hybridized carbons (Fsp3) is 0.929. The minimum Gasteiger partial charge on any atom is -0.354 e. The first-order valence-electron chi connectivity index (χ1n) is 7.30. The van der Waals surface area contributed by atoms with E-state index < -0.39 is 0 Å². The van der Waals surface area contributed by atoms with Gasteiger partial charge >= 0.3 is 0 Å². The third kappa shape index (κ3) is 3.70. The molecule has 1 saturated carbocycles. The van der Waals surface area contributed by atoms with Gasteiger partial charge in [-0.3, -0.25) is 4.79 Å². The molecule has 3 nitrogen and oxygen atoms in total. The fourth-order valence-corrected chi connectivity index (χ4v) is 3.12. The molecule has 17 heavy (non-hydrogen) atoms. The van der Waals surface area contributed by atoms with E-state index in [4.69, 9.17) is 0 Å². The van der Waals surface area contributed by atoms with Gasteiger partial charge in [0.2, 0.25) is 5.91 Å². The van der Waals surface area contributed by atoms with Crippen molar-refractivity contribution in [1.82, 2.24) is 10.6 Å². The van der Waals surface area contributed by atoms with Gasteiger partial charge < -0.3 is 10.6 Å². The Morgan fingerprint density at radius 2 is 1.88 bits per heavy atom. The van der Waals surface area contributed by atoms with E-state index in [0.29, 0.717) is 0 Å². The van der Waals surface area contributed by atoms with E-state index in [1.165, 1.54) is 32.1 Å². The quantitative estimate of drug-likeness (QED) is 0.787. The molecule has 1 saturated heterocycles. The van der Waals surface area contributed by atoms with E-state index in [2.05, 4.69) is 17.6 Å². The molecule has 0 radical (unpaired) electrons. The van der Waals surface area contributed by atoms with Gasteiger partial charge in [-0.2, -0.15) is 0 Å². The van der Waals surface area contributed by atoms with E-state index in [1.807, 2.05) is 0 Å². The molecule has 3 heteroatoms. The molecule has 0 aromatic carbocycles. The number of carbonyl (C=O) groups is 1. The van der Waals surface area contributed by atoms with Crippen LogP contribution in [0, 0.1) is 11.8 Å². The summed E-state index contributed by atoms with van der Waals surface area (Å²) in [5, 5.41) is 6.37. The molecule has 1 aliphatic carbocycles. The monoisotopic (exact) mass is 238 g/mol. The maximum Gasteiger partial charge on any atom is 0.237 e. The van der Waals surface area contributed by atoms with Crippen LogP contribution < -0.4 is 10.6 Å². The van der Waals surface area contributed by atoms with Crippen molar-refractivity contribution in [3.63, 3.8) is 0 Å². The Bertz CT molecular complexity index is 241. The van der Waals surface area contributed by atoms with E-state index in [0.717, 1.165) is 37.8 Å². The zero-order chi connectivity index (χ0) is 12.1. The van der Waals surface area contributed by atoms with Crippen molar-refractivity contribution < 1.29 is 4.79 Å². The Labute approximate surface area is 105 Å². The summed E-state index contributed by atoms with van der Waals surface area (Å²) in [6, 6.07) is 0.0852. The maximum atomic E-state index is 11.8. The molecule has 1 amide bonds. The van der Waals surface area contributed by atoms with Gasteiger partial charge in [0, 0.05) is 6.54 Å². The molecule has 1 heterocycles.